The SMILES string of the molecule is COCC1(CNS(=O)(=O)c2ccc(C#N)c(Cl)c2)CCNCC1.Cl. The molecular formula is C15H21Cl2N3O3S. The normalized spacial score (nSPS) is 16.9. The molecule has 0 atom stereocenters. The Morgan fingerprint density at radius 1 is 1.42 bits per heavy atom. The molecule has 1 saturated heterocycles. The summed E-state index contributed by atoms with van der Waals surface area (Å²) in [6, 6.07) is 6.01. The number of sulfonamides is 1. The largest absolute Gasteiger partial charge is 0.384 e. The summed E-state index contributed by atoms with van der Waals surface area (Å²) in [5.74, 6) is 0. The lowest BCUT2D eigenvalue weighted by Gasteiger charge is -2.37. The van der Waals surface area contributed by atoms with Crippen LogP contribution in [0.4, 0.5) is 0 Å². The minimum Gasteiger partial charge on any atom is -0.384 e. The van der Waals surface area contributed by atoms with Crippen molar-refractivity contribution in [2.24, 2.45) is 5.41 Å². The average Bonchev–Trinajstić information content (AvgIpc) is 2.54. The maximum atomic E-state index is 12.5. The highest BCUT2D eigenvalue weighted by atomic mass is 35.5. The van der Waals surface area contributed by atoms with Crippen LogP contribution in [0.25, 0.3) is 0 Å². The van der Waals surface area contributed by atoms with E-state index in [2.05, 4.69) is 10.0 Å². The summed E-state index contributed by atoms with van der Waals surface area (Å²) in [7, 11) is -2.06. The molecule has 2 N–H and O–H groups in total. The van der Waals surface area contributed by atoms with Crippen LogP contribution in [0.1, 0.15) is 18.4 Å². The van der Waals surface area contributed by atoms with Crippen molar-refractivity contribution in [2.45, 2.75) is 17.7 Å². The van der Waals surface area contributed by atoms with Gasteiger partial charge in [0.25, 0.3) is 0 Å². The third-order valence-corrected chi connectivity index (χ3v) is 5.83. The predicted octanol–water partition coefficient (Wildman–Crippen LogP) is 1.93. The van der Waals surface area contributed by atoms with Gasteiger partial charge in [0, 0.05) is 19.1 Å². The molecule has 134 valence electrons. The Labute approximate surface area is 154 Å². The second kappa shape index (κ2) is 8.99. The standard InChI is InChI=1S/C15H20ClN3O3S.ClH/c1-22-11-15(4-6-18-7-5-15)10-19-23(20,21)13-3-2-12(9-17)14(16)8-13;/h2-3,8,18-19H,4-7,10-11H2,1H3;1H. The molecule has 0 unspecified atom stereocenters. The summed E-state index contributed by atoms with van der Waals surface area (Å²) in [4.78, 5) is 0.0583. The van der Waals surface area contributed by atoms with Gasteiger partial charge in [0.05, 0.1) is 22.1 Å². The van der Waals surface area contributed by atoms with E-state index in [1.165, 1.54) is 18.2 Å². The fourth-order valence-electron chi connectivity index (χ4n) is 2.72. The van der Waals surface area contributed by atoms with Gasteiger partial charge in [-0.15, -0.1) is 12.4 Å². The predicted molar refractivity (Wildman–Crippen MR) is 95.0 cm³/mol. The summed E-state index contributed by atoms with van der Waals surface area (Å²) >= 11 is 5.92. The van der Waals surface area contributed by atoms with Crippen LogP contribution in [-0.2, 0) is 14.8 Å². The first-order chi connectivity index (χ1) is 10.9. The molecular weight excluding hydrogens is 373 g/mol. The summed E-state index contributed by atoms with van der Waals surface area (Å²) in [6.07, 6.45) is 1.69. The molecule has 0 spiro atoms. The van der Waals surface area contributed by atoms with Gasteiger partial charge < -0.3 is 10.1 Å². The molecule has 1 heterocycles. The zero-order chi connectivity index (χ0) is 16.9. The van der Waals surface area contributed by atoms with Crippen molar-refractivity contribution < 1.29 is 13.2 Å². The van der Waals surface area contributed by atoms with E-state index in [4.69, 9.17) is 21.6 Å². The van der Waals surface area contributed by atoms with Crippen molar-refractivity contribution in [3.63, 3.8) is 0 Å². The molecule has 1 aromatic rings. The first-order valence-electron chi connectivity index (χ1n) is 7.31. The molecule has 0 radical (unpaired) electrons. The van der Waals surface area contributed by atoms with Crippen molar-refractivity contribution in [1.82, 2.24) is 10.0 Å². The van der Waals surface area contributed by atoms with Crippen LogP contribution >= 0.6 is 24.0 Å². The maximum absolute atomic E-state index is 12.5. The smallest absolute Gasteiger partial charge is 0.240 e. The summed E-state index contributed by atoms with van der Waals surface area (Å²) in [5, 5.41) is 12.3. The number of hydrogen-bond acceptors (Lipinski definition) is 5. The quantitative estimate of drug-likeness (QED) is 0.770. The first kappa shape index (κ1) is 21.2. The van der Waals surface area contributed by atoms with Gasteiger partial charge in [-0.1, -0.05) is 11.6 Å². The van der Waals surface area contributed by atoms with E-state index in [-0.39, 0.29) is 33.3 Å². The highest BCUT2D eigenvalue weighted by molar-refractivity contribution is 7.89. The average molecular weight is 394 g/mol. The van der Waals surface area contributed by atoms with Crippen molar-refractivity contribution in [2.75, 3.05) is 33.4 Å². The number of nitrogens with zero attached hydrogens (tertiary/aromatic N) is 1. The zero-order valence-corrected chi connectivity index (χ0v) is 15.7. The molecule has 0 saturated carbocycles. The van der Waals surface area contributed by atoms with Crippen molar-refractivity contribution in [1.29, 1.82) is 5.26 Å². The molecule has 1 aromatic carbocycles. The lowest BCUT2D eigenvalue weighted by atomic mass is 9.80. The molecule has 6 nitrogen and oxygen atoms in total. The van der Waals surface area contributed by atoms with E-state index in [0.29, 0.717) is 13.2 Å². The summed E-state index contributed by atoms with van der Waals surface area (Å²) in [6.45, 7) is 2.50. The highest BCUT2D eigenvalue weighted by Crippen LogP contribution is 2.29. The van der Waals surface area contributed by atoms with E-state index >= 15 is 0 Å². The number of ether oxygens (including phenoxy) is 1. The highest BCUT2D eigenvalue weighted by Gasteiger charge is 2.33. The molecule has 24 heavy (non-hydrogen) atoms. The Hall–Kier alpha value is -0.880. The van der Waals surface area contributed by atoms with Crippen LogP contribution in [-0.4, -0.2) is 41.8 Å². The molecule has 9 heteroatoms. The zero-order valence-electron chi connectivity index (χ0n) is 13.3. The summed E-state index contributed by atoms with van der Waals surface area (Å²) in [5.41, 5.74) is 0.0449. The van der Waals surface area contributed by atoms with Gasteiger partial charge in [-0.3, -0.25) is 0 Å². The fraction of sp³-hybridized carbons (Fsp3) is 0.533. The number of nitriles is 1. The van der Waals surface area contributed by atoms with Gasteiger partial charge in [0.1, 0.15) is 6.07 Å². The van der Waals surface area contributed by atoms with E-state index in [1.54, 1.807) is 7.11 Å². The third-order valence-electron chi connectivity index (χ3n) is 4.12. The molecule has 1 fully saturated rings. The van der Waals surface area contributed by atoms with Gasteiger partial charge in [-0.05, 0) is 44.1 Å². The Morgan fingerprint density at radius 3 is 2.62 bits per heavy atom. The van der Waals surface area contributed by atoms with Gasteiger partial charge in [-0.25, -0.2) is 13.1 Å². The van der Waals surface area contributed by atoms with Gasteiger partial charge in [0.2, 0.25) is 10.0 Å². The maximum Gasteiger partial charge on any atom is 0.240 e. The Balaban J connectivity index is 0.00000288. The number of methoxy groups -OCH3 is 1. The lowest BCUT2D eigenvalue weighted by molar-refractivity contribution is 0.0577. The van der Waals surface area contributed by atoms with Crippen LogP contribution in [0, 0.1) is 16.7 Å². The molecule has 0 aromatic heterocycles. The van der Waals surface area contributed by atoms with E-state index in [0.717, 1.165) is 25.9 Å². The molecule has 0 amide bonds. The van der Waals surface area contributed by atoms with Gasteiger partial charge >= 0.3 is 0 Å². The number of hydrogen-bond donors (Lipinski definition) is 2. The summed E-state index contributed by atoms with van der Waals surface area (Å²) < 4.78 is 32.9. The molecule has 0 aliphatic carbocycles. The van der Waals surface area contributed by atoms with Crippen molar-refractivity contribution in [3.8, 4) is 6.07 Å². The number of piperidine rings is 1. The van der Waals surface area contributed by atoms with Crippen LogP contribution in [0.3, 0.4) is 0 Å². The number of rotatable bonds is 6. The van der Waals surface area contributed by atoms with Gasteiger partial charge in [0.15, 0.2) is 0 Å². The molecule has 2 rings (SSSR count). The van der Waals surface area contributed by atoms with E-state index in [9.17, 15) is 8.42 Å². The second-order valence-corrected chi connectivity index (χ2v) is 7.94. The minimum absolute atomic E-state index is 0. The Bertz CT molecular complexity index is 693. The Kier molecular flexibility index (Phi) is 7.93. The first-order valence-corrected chi connectivity index (χ1v) is 9.18. The van der Waals surface area contributed by atoms with Crippen LogP contribution in [0.15, 0.2) is 23.1 Å². The topological polar surface area (TPSA) is 91.2 Å². The van der Waals surface area contributed by atoms with Crippen LogP contribution in [0.5, 0.6) is 0 Å². The van der Waals surface area contributed by atoms with Crippen molar-refractivity contribution in [3.05, 3.63) is 28.8 Å². The second-order valence-electron chi connectivity index (χ2n) is 5.76. The lowest BCUT2D eigenvalue weighted by Crippen LogP contribution is -2.47. The fourth-order valence-corrected chi connectivity index (χ4v) is 4.19. The number of nitrogens with one attached hydrogen (secondary N) is 2. The van der Waals surface area contributed by atoms with Crippen LogP contribution in [0.2, 0.25) is 5.02 Å². The van der Waals surface area contributed by atoms with Crippen molar-refractivity contribution >= 4 is 34.0 Å². The number of halogens is 2. The molecule has 0 bridgehead atoms. The molecule has 1 aliphatic heterocycles. The number of benzene rings is 1. The Morgan fingerprint density at radius 2 is 2.08 bits per heavy atom. The van der Waals surface area contributed by atoms with Gasteiger partial charge in [-0.2, -0.15) is 5.26 Å². The molecule has 1 aliphatic rings. The van der Waals surface area contributed by atoms with Crippen LogP contribution < -0.4 is 10.0 Å². The van der Waals surface area contributed by atoms with E-state index in [1.807, 2.05) is 6.07 Å². The third kappa shape index (κ3) is 5.06. The minimum atomic E-state index is -3.68. The van der Waals surface area contributed by atoms with E-state index < -0.39 is 10.0 Å². The monoisotopic (exact) mass is 393 g/mol.